The molecule has 0 bridgehead atoms. The van der Waals surface area contributed by atoms with Crippen LogP contribution in [0.5, 0.6) is 0 Å². The van der Waals surface area contributed by atoms with Crippen molar-refractivity contribution in [2.75, 3.05) is 52.1 Å². The quantitative estimate of drug-likeness (QED) is 0.152. The number of nitrogens with zero attached hydrogens (tertiary/aromatic N) is 2. The van der Waals surface area contributed by atoms with Crippen molar-refractivity contribution in [1.82, 2.24) is 4.90 Å². The second-order valence-electron chi connectivity index (χ2n) is 21.0. The van der Waals surface area contributed by atoms with Crippen molar-refractivity contribution in [3.05, 3.63) is 29.8 Å². The highest BCUT2D eigenvalue weighted by Gasteiger charge is 2.62. The molecule has 16 nitrogen and oxygen atoms in total. The second-order valence-corrected chi connectivity index (χ2v) is 22.1. The van der Waals surface area contributed by atoms with Crippen LogP contribution in [0.1, 0.15) is 119 Å². The van der Waals surface area contributed by atoms with Gasteiger partial charge in [0.1, 0.15) is 29.3 Å². The van der Waals surface area contributed by atoms with Gasteiger partial charge in [-0.2, -0.15) is 0 Å². The van der Waals surface area contributed by atoms with Crippen LogP contribution in [-0.4, -0.2) is 169 Å². The van der Waals surface area contributed by atoms with Gasteiger partial charge in [0.05, 0.1) is 47.3 Å². The molecule has 69 heavy (non-hydrogen) atoms. The average molecular weight is 993 g/mol. The second kappa shape index (κ2) is 23.4. The third-order valence-corrected chi connectivity index (χ3v) is 17.2. The van der Waals surface area contributed by atoms with Crippen molar-refractivity contribution in [3.63, 3.8) is 0 Å². The van der Waals surface area contributed by atoms with Crippen LogP contribution in [0.15, 0.2) is 24.3 Å². The molecular weight excluding hydrogens is 909 g/mol. The maximum absolute atomic E-state index is 15.1. The molecule has 0 amide bonds. The van der Waals surface area contributed by atoms with E-state index in [1.807, 2.05) is 65.7 Å². The lowest BCUT2D eigenvalue weighted by Gasteiger charge is -2.50. The third-order valence-electron chi connectivity index (χ3n) is 16.0. The van der Waals surface area contributed by atoms with Crippen molar-refractivity contribution >= 4 is 41.0 Å². The third kappa shape index (κ3) is 12.1. The fourth-order valence-corrected chi connectivity index (χ4v) is 13.0. The van der Waals surface area contributed by atoms with Gasteiger partial charge in [0, 0.05) is 74.7 Å². The first-order chi connectivity index (χ1) is 32.3. The first-order valence-electron chi connectivity index (χ1n) is 25.1. The number of Topliss-reactive ketones (excluding diaryl/α,β-unsaturated/α-hetero) is 2. The molecular formula is C52H84N2O14S. The number of aliphatic hydroxyl groups is 2. The van der Waals surface area contributed by atoms with Crippen LogP contribution in [0.4, 0.5) is 5.69 Å². The molecule has 0 aromatic heterocycles. The summed E-state index contributed by atoms with van der Waals surface area (Å²) in [6.45, 7) is 23.8. The Kier molecular flexibility index (Phi) is 19.4. The van der Waals surface area contributed by atoms with E-state index in [1.54, 1.807) is 46.8 Å². The summed E-state index contributed by atoms with van der Waals surface area (Å²) in [5.74, 6) is -5.77. The van der Waals surface area contributed by atoms with Gasteiger partial charge in [-0.05, 0) is 113 Å². The molecule has 0 aliphatic carbocycles. The number of aliphatic hydroxyl groups excluding tert-OH is 2. The Bertz CT molecular complexity index is 1900. The predicted octanol–water partition coefficient (Wildman–Crippen LogP) is 6.09. The van der Waals surface area contributed by atoms with Crippen LogP contribution in [-0.2, 0) is 52.3 Å². The summed E-state index contributed by atoms with van der Waals surface area (Å²) in [4.78, 5) is 62.2. The Morgan fingerprint density at radius 2 is 1.46 bits per heavy atom. The molecule has 4 fully saturated rings. The molecule has 0 spiro atoms. The number of fused-ring (bicyclic) bond motifs is 1. The van der Waals surface area contributed by atoms with E-state index in [4.69, 9.17) is 37.9 Å². The zero-order chi connectivity index (χ0) is 51.5. The summed E-state index contributed by atoms with van der Waals surface area (Å²) < 4.78 is 51.6. The standard InChI is InChI=1S/C52H84N2O14S/c1-17-38-52(12)40(44(48(60)68-52)69-27-37(55)34-20-22-35(23-21-34)54(18-2)19-3)30(6)41(56)28(4)25-51(11,62-16)46(67-49-42(57)36(53(13)14)24-29(5)63-49)31(7)43(32(8)47(59)65-38)66-39-26-50(10,61-15)45(58)33(9)64-39/h20-23,28-33,36,38-40,42-46,49,57-58H,17-19,24-27H2,1-16H3/t28-,29-,30-,31+,32-,33-,36+,38-,39+,40?,42-,43+,44?,45+,46-,49+,50-,51-,52-/m1/s1. The number of thioether (sulfide) groups is 1. The molecule has 4 heterocycles. The molecule has 0 saturated carbocycles. The molecule has 4 saturated heterocycles. The molecule has 392 valence electrons. The molecule has 17 heteroatoms. The number of carbonyl (C=O) groups excluding carboxylic acids is 4. The lowest BCUT2D eigenvalue weighted by atomic mass is 9.70. The van der Waals surface area contributed by atoms with E-state index in [9.17, 15) is 24.6 Å². The number of ether oxygens (including phenoxy) is 8. The monoisotopic (exact) mass is 993 g/mol. The molecule has 4 aliphatic rings. The fraction of sp³-hybridized carbons (Fsp3) is 0.808. The Balaban J connectivity index is 1.59. The van der Waals surface area contributed by atoms with Crippen LogP contribution in [0.2, 0.25) is 0 Å². The van der Waals surface area contributed by atoms with Crippen LogP contribution in [0.25, 0.3) is 0 Å². The van der Waals surface area contributed by atoms with Crippen molar-refractivity contribution in [3.8, 4) is 0 Å². The number of carbonyl (C=O) groups is 4. The predicted molar refractivity (Wildman–Crippen MR) is 263 cm³/mol. The highest BCUT2D eigenvalue weighted by molar-refractivity contribution is 8.01. The van der Waals surface area contributed by atoms with E-state index < -0.39 is 113 Å². The fourth-order valence-electron chi connectivity index (χ4n) is 11.6. The van der Waals surface area contributed by atoms with Gasteiger partial charge in [-0.15, -0.1) is 11.8 Å². The minimum Gasteiger partial charge on any atom is -0.458 e. The first-order valence-corrected chi connectivity index (χ1v) is 26.1. The van der Waals surface area contributed by atoms with Gasteiger partial charge in [-0.1, -0.05) is 27.7 Å². The van der Waals surface area contributed by atoms with Crippen LogP contribution in [0, 0.1) is 29.6 Å². The molecule has 19 atom stereocenters. The molecule has 1 aromatic rings. The van der Waals surface area contributed by atoms with E-state index in [0.29, 0.717) is 12.0 Å². The SMILES string of the molecule is CC[C@H]1OC(=O)[C@H](C)[C@@H](O[C@H]2C[C@@](C)(OC)[C@@H](O)[C@@H](C)O2)[C@H](C)[C@@H](O[C@@H]2O[C@H](C)C[C@H](N(C)C)[C@H]2O)[C@](C)(OC)C[C@@H](C)C(=O)[C@H](C)C2C(SCC(=O)c3ccc(N(CC)CC)cc3)C(=O)O[C@@]21C. The maximum atomic E-state index is 15.1. The summed E-state index contributed by atoms with van der Waals surface area (Å²) in [6.07, 6.45) is -7.20. The highest BCUT2D eigenvalue weighted by atomic mass is 32.2. The normalized spacial score (nSPS) is 41.5. The van der Waals surface area contributed by atoms with Crippen LogP contribution < -0.4 is 4.90 Å². The number of hydrogen-bond donors (Lipinski definition) is 2. The minimum absolute atomic E-state index is 0.0535. The van der Waals surface area contributed by atoms with E-state index >= 15 is 4.79 Å². The Hall–Kier alpha value is -2.71. The molecule has 2 N–H and O–H groups in total. The molecule has 4 aliphatic heterocycles. The number of rotatable bonds is 15. The van der Waals surface area contributed by atoms with Crippen molar-refractivity contribution in [2.24, 2.45) is 29.6 Å². The number of likely N-dealkylation sites (N-methyl/N-ethyl adjacent to an activating group) is 1. The van der Waals surface area contributed by atoms with E-state index in [0.717, 1.165) is 30.5 Å². The zero-order valence-electron chi connectivity index (χ0n) is 44.1. The van der Waals surface area contributed by atoms with Gasteiger partial charge in [-0.3, -0.25) is 19.2 Å². The van der Waals surface area contributed by atoms with Gasteiger partial charge in [-0.25, -0.2) is 0 Å². The summed E-state index contributed by atoms with van der Waals surface area (Å²) >= 11 is 1.14. The largest absolute Gasteiger partial charge is 0.458 e. The first kappa shape index (κ1) is 57.2. The Morgan fingerprint density at radius 1 is 0.841 bits per heavy atom. The van der Waals surface area contributed by atoms with E-state index in [1.165, 1.54) is 14.2 Å². The number of methoxy groups -OCH3 is 2. The van der Waals surface area contributed by atoms with Gasteiger partial charge >= 0.3 is 11.9 Å². The van der Waals surface area contributed by atoms with Crippen LogP contribution in [0.3, 0.4) is 0 Å². The van der Waals surface area contributed by atoms with Gasteiger partial charge in [0.15, 0.2) is 24.0 Å². The van der Waals surface area contributed by atoms with E-state index in [-0.39, 0.29) is 48.7 Å². The van der Waals surface area contributed by atoms with Crippen molar-refractivity contribution in [2.45, 2.75) is 192 Å². The summed E-state index contributed by atoms with van der Waals surface area (Å²) in [6, 6.07) is 7.11. The lowest BCUT2D eigenvalue weighted by Crippen LogP contribution is -2.61. The molecule has 5 rings (SSSR count). The van der Waals surface area contributed by atoms with Crippen molar-refractivity contribution < 1.29 is 67.3 Å². The molecule has 1 aromatic carbocycles. The van der Waals surface area contributed by atoms with Crippen LogP contribution >= 0.6 is 11.8 Å². The highest BCUT2D eigenvalue weighted by Crippen LogP contribution is 2.49. The maximum Gasteiger partial charge on any atom is 0.320 e. The molecule has 0 radical (unpaired) electrons. The number of ketones is 2. The summed E-state index contributed by atoms with van der Waals surface area (Å²) in [5.41, 5.74) is -2.32. The zero-order valence-corrected chi connectivity index (χ0v) is 44.9. The summed E-state index contributed by atoms with van der Waals surface area (Å²) in [5, 5.41) is 22.0. The lowest BCUT2D eigenvalue weighted by molar-refractivity contribution is -0.319. The Morgan fingerprint density at radius 3 is 2.03 bits per heavy atom. The number of anilines is 1. The topological polar surface area (TPSA) is 189 Å². The average Bonchev–Trinajstić information content (AvgIpc) is 3.58. The smallest absolute Gasteiger partial charge is 0.320 e. The number of esters is 2. The van der Waals surface area contributed by atoms with E-state index in [2.05, 4.69) is 18.7 Å². The Labute approximate surface area is 415 Å². The summed E-state index contributed by atoms with van der Waals surface area (Å²) in [7, 11) is 6.82. The van der Waals surface area contributed by atoms with Crippen molar-refractivity contribution in [1.29, 1.82) is 0 Å². The molecule has 2 unspecified atom stereocenters. The van der Waals surface area contributed by atoms with Gasteiger partial charge < -0.3 is 57.9 Å². The van der Waals surface area contributed by atoms with Gasteiger partial charge in [0.25, 0.3) is 0 Å². The number of cyclic esters (lactones) is 1. The number of hydrogen-bond acceptors (Lipinski definition) is 17. The number of benzene rings is 1. The minimum atomic E-state index is -1.48. The van der Waals surface area contributed by atoms with Gasteiger partial charge in [0.2, 0.25) is 0 Å².